The highest BCUT2D eigenvalue weighted by Crippen LogP contribution is 2.15. The van der Waals surface area contributed by atoms with Crippen molar-refractivity contribution in [3.8, 4) is 0 Å². The number of nitrogen functional groups attached to an aromatic ring is 1. The Morgan fingerprint density at radius 2 is 2.06 bits per heavy atom. The van der Waals surface area contributed by atoms with E-state index in [1.807, 2.05) is 0 Å². The molecular weight excluding hydrogens is 218 g/mol. The van der Waals surface area contributed by atoms with Gasteiger partial charge in [0.25, 0.3) is 0 Å². The topological polar surface area (TPSA) is 78.1 Å². The van der Waals surface area contributed by atoms with Crippen molar-refractivity contribution in [2.75, 3.05) is 12.3 Å². The average Bonchev–Trinajstić information content (AvgIpc) is 2.25. The number of carbonyl (C=O) groups is 1. The van der Waals surface area contributed by atoms with Crippen LogP contribution in [0.5, 0.6) is 0 Å². The molecular formula is C12H19N3O2. The number of aryl methyl sites for hydroxylation is 2. The van der Waals surface area contributed by atoms with E-state index < -0.39 is 5.97 Å². The van der Waals surface area contributed by atoms with Gasteiger partial charge in [-0.3, -0.25) is 0 Å². The van der Waals surface area contributed by atoms with Crippen molar-refractivity contribution in [1.82, 2.24) is 9.97 Å². The first-order chi connectivity index (χ1) is 8.10. The van der Waals surface area contributed by atoms with Crippen LogP contribution in [0, 0.1) is 6.92 Å². The Kier molecular flexibility index (Phi) is 4.87. The second-order valence-electron chi connectivity index (χ2n) is 3.81. The Labute approximate surface area is 101 Å². The highest BCUT2D eigenvalue weighted by Gasteiger charge is 2.17. The van der Waals surface area contributed by atoms with Crippen molar-refractivity contribution >= 4 is 11.8 Å². The zero-order valence-corrected chi connectivity index (χ0v) is 10.6. The number of rotatable bonds is 5. The van der Waals surface area contributed by atoms with Gasteiger partial charge in [-0.25, -0.2) is 14.8 Å². The molecule has 0 atom stereocenters. The molecule has 0 unspecified atom stereocenters. The monoisotopic (exact) mass is 237 g/mol. The van der Waals surface area contributed by atoms with Crippen LogP contribution in [-0.4, -0.2) is 22.5 Å². The van der Waals surface area contributed by atoms with E-state index in [2.05, 4.69) is 16.9 Å². The van der Waals surface area contributed by atoms with Crippen molar-refractivity contribution < 1.29 is 9.53 Å². The van der Waals surface area contributed by atoms with Crippen molar-refractivity contribution in [2.45, 2.75) is 40.0 Å². The third kappa shape index (κ3) is 3.41. The Bertz CT molecular complexity index is 382. The minimum atomic E-state index is -0.454. The predicted molar refractivity (Wildman–Crippen MR) is 65.7 cm³/mol. The zero-order chi connectivity index (χ0) is 12.8. The zero-order valence-electron chi connectivity index (χ0n) is 10.6. The second kappa shape index (κ2) is 6.18. The van der Waals surface area contributed by atoms with Gasteiger partial charge in [0.2, 0.25) is 0 Å². The standard InChI is InChI=1S/C12H19N3O2/c1-4-6-7-9-14-8(3)10(11(13)15-9)12(16)17-5-2/h4-7H2,1-3H3,(H2,13,14,15). The molecule has 0 amide bonds. The molecule has 0 aliphatic rings. The molecule has 0 bridgehead atoms. The Hall–Kier alpha value is -1.65. The number of anilines is 1. The molecule has 0 spiro atoms. The van der Waals surface area contributed by atoms with Crippen molar-refractivity contribution in [2.24, 2.45) is 0 Å². The fourth-order valence-corrected chi connectivity index (χ4v) is 1.56. The van der Waals surface area contributed by atoms with Gasteiger partial charge in [0.15, 0.2) is 0 Å². The molecule has 1 aromatic heterocycles. The van der Waals surface area contributed by atoms with Gasteiger partial charge in [0.05, 0.1) is 12.3 Å². The number of nitrogens with zero attached hydrogens (tertiary/aromatic N) is 2. The van der Waals surface area contributed by atoms with Crippen LogP contribution in [0.2, 0.25) is 0 Å². The quantitative estimate of drug-likeness (QED) is 0.791. The summed E-state index contributed by atoms with van der Waals surface area (Å²) in [5.74, 6) is 0.446. The molecule has 5 nitrogen and oxygen atoms in total. The molecule has 0 fully saturated rings. The minimum absolute atomic E-state index is 0.210. The van der Waals surface area contributed by atoms with Crippen molar-refractivity contribution in [3.05, 3.63) is 17.1 Å². The number of unbranched alkanes of at least 4 members (excludes halogenated alkanes) is 1. The fourth-order valence-electron chi connectivity index (χ4n) is 1.56. The molecule has 5 heteroatoms. The number of nitrogens with two attached hydrogens (primary N) is 1. The third-order valence-electron chi connectivity index (χ3n) is 2.40. The lowest BCUT2D eigenvalue weighted by Gasteiger charge is -2.09. The van der Waals surface area contributed by atoms with E-state index in [-0.39, 0.29) is 11.4 Å². The van der Waals surface area contributed by atoms with Crippen LogP contribution in [0.25, 0.3) is 0 Å². The lowest BCUT2D eigenvalue weighted by Crippen LogP contribution is -2.14. The van der Waals surface area contributed by atoms with Gasteiger partial charge in [-0.1, -0.05) is 13.3 Å². The first-order valence-electron chi connectivity index (χ1n) is 5.90. The van der Waals surface area contributed by atoms with Crippen LogP contribution < -0.4 is 5.73 Å². The second-order valence-corrected chi connectivity index (χ2v) is 3.81. The molecule has 0 aliphatic carbocycles. The summed E-state index contributed by atoms with van der Waals surface area (Å²) in [6.07, 6.45) is 2.87. The van der Waals surface area contributed by atoms with Crippen LogP contribution in [0.4, 0.5) is 5.82 Å². The molecule has 0 aromatic carbocycles. The van der Waals surface area contributed by atoms with E-state index in [0.717, 1.165) is 19.3 Å². The van der Waals surface area contributed by atoms with E-state index in [1.54, 1.807) is 13.8 Å². The van der Waals surface area contributed by atoms with Crippen LogP contribution in [0.3, 0.4) is 0 Å². The molecule has 0 saturated carbocycles. The number of esters is 1. The third-order valence-corrected chi connectivity index (χ3v) is 2.40. The van der Waals surface area contributed by atoms with Gasteiger partial charge >= 0.3 is 5.97 Å². The maximum atomic E-state index is 11.6. The maximum Gasteiger partial charge on any atom is 0.343 e. The summed E-state index contributed by atoms with van der Waals surface area (Å²) in [5, 5.41) is 0. The van der Waals surface area contributed by atoms with Crippen LogP contribution in [-0.2, 0) is 11.2 Å². The van der Waals surface area contributed by atoms with E-state index >= 15 is 0 Å². The molecule has 94 valence electrons. The van der Waals surface area contributed by atoms with Crippen LogP contribution in [0.15, 0.2) is 0 Å². The highest BCUT2D eigenvalue weighted by molar-refractivity contribution is 5.95. The van der Waals surface area contributed by atoms with E-state index in [0.29, 0.717) is 18.1 Å². The van der Waals surface area contributed by atoms with Gasteiger partial charge in [0.1, 0.15) is 17.2 Å². The van der Waals surface area contributed by atoms with Gasteiger partial charge in [-0.05, 0) is 20.3 Å². The minimum Gasteiger partial charge on any atom is -0.462 e. The first kappa shape index (κ1) is 13.4. The first-order valence-corrected chi connectivity index (χ1v) is 5.90. The van der Waals surface area contributed by atoms with E-state index in [4.69, 9.17) is 10.5 Å². The maximum absolute atomic E-state index is 11.6. The summed E-state index contributed by atoms with van der Waals surface area (Å²) in [4.78, 5) is 20.1. The molecule has 0 saturated heterocycles. The summed E-state index contributed by atoms with van der Waals surface area (Å²) in [6, 6.07) is 0. The molecule has 0 aliphatic heterocycles. The highest BCUT2D eigenvalue weighted by atomic mass is 16.5. The molecule has 1 rings (SSSR count). The molecule has 1 aromatic rings. The van der Waals surface area contributed by atoms with Gasteiger partial charge < -0.3 is 10.5 Å². The Morgan fingerprint density at radius 3 is 2.59 bits per heavy atom. The van der Waals surface area contributed by atoms with Crippen LogP contribution in [0.1, 0.15) is 48.6 Å². The number of aromatic nitrogens is 2. The summed E-state index contributed by atoms with van der Waals surface area (Å²) in [5.41, 5.74) is 6.64. The summed E-state index contributed by atoms with van der Waals surface area (Å²) >= 11 is 0. The number of carbonyl (C=O) groups excluding carboxylic acids is 1. The number of hydrogen-bond donors (Lipinski definition) is 1. The molecule has 0 radical (unpaired) electrons. The smallest absolute Gasteiger partial charge is 0.343 e. The SMILES string of the molecule is CCCCc1nc(C)c(C(=O)OCC)c(N)n1. The Morgan fingerprint density at radius 1 is 1.35 bits per heavy atom. The van der Waals surface area contributed by atoms with Gasteiger partial charge in [-0.2, -0.15) is 0 Å². The lowest BCUT2D eigenvalue weighted by molar-refractivity contribution is 0.0525. The van der Waals surface area contributed by atoms with Crippen molar-refractivity contribution in [3.63, 3.8) is 0 Å². The van der Waals surface area contributed by atoms with E-state index in [9.17, 15) is 4.79 Å². The number of ether oxygens (including phenoxy) is 1. The summed E-state index contributed by atoms with van der Waals surface area (Å²) < 4.78 is 4.91. The largest absolute Gasteiger partial charge is 0.462 e. The van der Waals surface area contributed by atoms with Gasteiger partial charge in [0, 0.05) is 6.42 Å². The predicted octanol–water partition coefficient (Wildman–Crippen LogP) is 1.89. The molecule has 1 heterocycles. The average molecular weight is 237 g/mol. The fraction of sp³-hybridized carbons (Fsp3) is 0.583. The van der Waals surface area contributed by atoms with Crippen molar-refractivity contribution in [1.29, 1.82) is 0 Å². The summed E-state index contributed by atoms with van der Waals surface area (Å²) in [6.45, 7) is 5.91. The summed E-state index contributed by atoms with van der Waals surface area (Å²) in [7, 11) is 0. The lowest BCUT2D eigenvalue weighted by atomic mass is 10.2. The van der Waals surface area contributed by atoms with E-state index in [1.165, 1.54) is 0 Å². The Balaban J connectivity index is 2.97. The number of hydrogen-bond acceptors (Lipinski definition) is 5. The molecule has 2 N–H and O–H groups in total. The molecule has 17 heavy (non-hydrogen) atoms. The van der Waals surface area contributed by atoms with Gasteiger partial charge in [-0.15, -0.1) is 0 Å². The van der Waals surface area contributed by atoms with Crippen LogP contribution >= 0.6 is 0 Å². The normalized spacial score (nSPS) is 10.3.